The summed E-state index contributed by atoms with van der Waals surface area (Å²) in [5.74, 6) is 0.527. The van der Waals surface area contributed by atoms with Crippen molar-refractivity contribution in [1.82, 2.24) is 10.2 Å². The Kier molecular flexibility index (Phi) is 2.76. The second kappa shape index (κ2) is 4.42. The van der Waals surface area contributed by atoms with Crippen molar-refractivity contribution in [2.45, 2.75) is 25.3 Å². The average molecular weight is 244 g/mol. The number of H-pyrrole nitrogens is 1. The third kappa shape index (κ3) is 2.36. The van der Waals surface area contributed by atoms with Crippen molar-refractivity contribution < 1.29 is 4.79 Å². The predicted octanol–water partition coefficient (Wildman–Crippen LogP) is 1.63. The molecule has 5 heteroatoms. The molecular formula is C13H16N4O. The number of carbonyl (C=O) groups excluding carboxylic acids is 1. The van der Waals surface area contributed by atoms with Crippen LogP contribution in [0.15, 0.2) is 24.4 Å². The van der Waals surface area contributed by atoms with E-state index in [9.17, 15) is 4.79 Å². The molecule has 1 heterocycles. The number of carbonyl (C=O) groups is 1. The Morgan fingerprint density at radius 3 is 3.17 bits per heavy atom. The number of benzene rings is 1. The lowest BCUT2D eigenvalue weighted by molar-refractivity contribution is -0.116. The number of nitrogens with one attached hydrogen (secondary N) is 2. The van der Waals surface area contributed by atoms with Gasteiger partial charge in [-0.2, -0.15) is 5.10 Å². The topological polar surface area (TPSA) is 83.8 Å². The number of nitrogens with two attached hydrogens (primary N) is 1. The van der Waals surface area contributed by atoms with E-state index in [0.29, 0.717) is 12.3 Å². The third-order valence-corrected chi connectivity index (χ3v) is 3.37. The highest BCUT2D eigenvalue weighted by Crippen LogP contribution is 2.32. The lowest BCUT2D eigenvalue weighted by Gasteiger charge is -2.10. The monoisotopic (exact) mass is 244 g/mol. The Hall–Kier alpha value is -1.88. The van der Waals surface area contributed by atoms with Gasteiger partial charge in [-0.1, -0.05) is 0 Å². The summed E-state index contributed by atoms with van der Waals surface area (Å²) in [5.41, 5.74) is 7.62. The molecule has 4 N–H and O–H groups in total. The minimum Gasteiger partial charge on any atom is -0.327 e. The molecule has 1 amide bonds. The molecule has 0 radical (unpaired) electrons. The normalized spacial score (nSPS) is 16.7. The van der Waals surface area contributed by atoms with Crippen LogP contribution >= 0.6 is 0 Å². The van der Waals surface area contributed by atoms with E-state index >= 15 is 0 Å². The number of aromatic amines is 1. The SMILES string of the molecule is NC(CC(=O)Nc1ccc2cn[nH]c2c1)C1CC1. The van der Waals surface area contributed by atoms with E-state index in [1.165, 1.54) is 0 Å². The fraction of sp³-hybridized carbons (Fsp3) is 0.385. The second-order valence-corrected chi connectivity index (χ2v) is 4.93. The fourth-order valence-corrected chi connectivity index (χ4v) is 2.13. The minimum atomic E-state index is -0.0201. The Morgan fingerprint density at radius 1 is 1.56 bits per heavy atom. The summed E-state index contributed by atoms with van der Waals surface area (Å²) in [6.45, 7) is 0. The van der Waals surface area contributed by atoms with E-state index in [4.69, 9.17) is 5.73 Å². The fourth-order valence-electron chi connectivity index (χ4n) is 2.13. The predicted molar refractivity (Wildman–Crippen MR) is 70.0 cm³/mol. The largest absolute Gasteiger partial charge is 0.327 e. The number of amides is 1. The first-order valence-electron chi connectivity index (χ1n) is 6.21. The van der Waals surface area contributed by atoms with Crippen LogP contribution in [0.1, 0.15) is 19.3 Å². The van der Waals surface area contributed by atoms with Gasteiger partial charge in [-0.3, -0.25) is 9.89 Å². The number of nitrogens with zero attached hydrogens (tertiary/aromatic N) is 1. The van der Waals surface area contributed by atoms with Crippen LogP contribution in [-0.4, -0.2) is 22.1 Å². The number of anilines is 1. The van der Waals surface area contributed by atoms with E-state index < -0.39 is 0 Å². The quantitative estimate of drug-likeness (QED) is 0.764. The van der Waals surface area contributed by atoms with Gasteiger partial charge in [0, 0.05) is 23.5 Å². The molecule has 1 aromatic carbocycles. The summed E-state index contributed by atoms with van der Waals surface area (Å²) in [5, 5.41) is 10.7. The van der Waals surface area contributed by atoms with Crippen LogP contribution in [0.25, 0.3) is 10.9 Å². The van der Waals surface area contributed by atoms with Crippen LogP contribution in [0.2, 0.25) is 0 Å². The van der Waals surface area contributed by atoms with Gasteiger partial charge in [0.05, 0.1) is 11.7 Å². The van der Waals surface area contributed by atoms with Gasteiger partial charge in [-0.15, -0.1) is 0 Å². The van der Waals surface area contributed by atoms with Crippen molar-refractivity contribution >= 4 is 22.5 Å². The molecule has 5 nitrogen and oxygen atoms in total. The van der Waals surface area contributed by atoms with Gasteiger partial charge in [-0.05, 0) is 37.0 Å². The van der Waals surface area contributed by atoms with E-state index in [1.54, 1.807) is 6.20 Å². The van der Waals surface area contributed by atoms with E-state index in [0.717, 1.165) is 29.4 Å². The van der Waals surface area contributed by atoms with Crippen molar-refractivity contribution in [3.8, 4) is 0 Å². The van der Waals surface area contributed by atoms with Crippen molar-refractivity contribution in [2.24, 2.45) is 11.7 Å². The maximum absolute atomic E-state index is 11.8. The number of aromatic nitrogens is 2. The lowest BCUT2D eigenvalue weighted by atomic mass is 10.1. The first-order chi connectivity index (χ1) is 8.72. The molecule has 1 fully saturated rings. The Balaban J connectivity index is 1.65. The first kappa shape index (κ1) is 11.2. The van der Waals surface area contributed by atoms with Gasteiger partial charge in [0.25, 0.3) is 0 Å². The molecule has 1 saturated carbocycles. The van der Waals surface area contributed by atoms with Gasteiger partial charge in [0.2, 0.25) is 5.91 Å². The molecule has 1 aliphatic carbocycles. The van der Waals surface area contributed by atoms with Gasteiger partial charge in [-0.25, -0.2) is 0 Å². The molecule has 1 atom stereocenters. The maximum Gasteiger partial charge on any atom is 0.225 e. The number of fused-ring (bicyclic) bond motifs is 1. The lowest BCUT2D eigenvalue weighted by Crippen LogP contribution is -2.28. The van der Waals surface area contributed by atoms with Gasteiger partial charge < -0.3 is 11.1 Å². The summed E-state index contributed by atoms with van der Waals surface area (Å²) in [4.78, 5) is 11.8. The minimum absolute atomic E-state index is 0.000820. The summed E-state index contributed by atoms with van der Waals surface area (Å²) in [6, 6.07) is 5.68. The summed E-state index contributed by atoms with van der Waals surface area (Å²) in [7, 11) is 0. The number of hydrogen-bond acceptors (Lipinski definition) is 3. The summed E-state index contributed by atoms with van der Waals surface area (Å²) >= 11 is 0. The van der Waals surface area contributed by atoms with Crippen molar-refractivity contribution in [3.63, 3.8) is 0 Å². The zero-order valence-electron chi connectivity index (χ0n) is 10.0. The van der Waals surface area contributed by atoms with Crippen molar-refractivity contribution in [3.05, 3.63) is 24.4 Å². The highest BCUT2D eigenvalue weighted by molar-refractivity contribution is 5.93. The molecule has 94 valence electrons. The molecule has 0 aliphatic heterocycles. The van der Waals surface area contributed by atoms with Gasteiger partial charge in [0.1, 0.15) is 0 Å². The van der Waals surface area contributed by atoms with Crippen LogP contribution in [-0.2, 0) is 4.79 Å². The zero-order valence-corrected chi connectivity index (χ0v) is 10.0. The highest BCUT2D eigenvalue weighted by atomic mass is 16.1. The van der Waals surface area contributed by atoms with E-state index in [2.05, 4.69) is 15.5 Å². The summed E-state index contributed by atoms with van der Waals surface area (Å²) in [6.07, 6.45) is 4.47. The molecule has 18 heavy (non-hydrogen) atoms. The molecule has 0 bridgehead atoms. The Labute approximate surface area is 105 Å². The smallest absolute Gasteiger partial charge is 0.225 e. The summed E-state index contributed by atoms with van der Waals surface area (Å²) < 4.78 is 0. The molecule has 1 unspecified atom stereocenters. The highest BCUT2D eigenvalue weighted by Gasteiger charge is 2.29. The van der Waals surface area contributed by atoms with Gasteiger partial charge in [0.15, 0.2) is 0 Å². The van der Waals surface area contributed by atoms with Crippen LogP contribution in [0.4, 0.5) is 5.69 Å². The van der Waals surface area contributed by atoms with E-state index in [1.807, 2.05) is 18.2 Å². The zero-order chi connectivity index (χ0) is 12.5. The molecule has 1 aromatic heterocycles. The molecule has 0 spiro atoms. The third-order valence-electron chi connectivity index (χ3n) is 3.37. The van der Waals surface area contributed by atoms with Crippen molar-refractivity contribution in [1.29, 1.82) is 0 Å². The maximum atomic E-state index is 11.8. The second-order valence-electron chi connectivity index (χ2n) is 4.93. The average Bonchev–Trinajstić information content (AvgIpc) is 3.08. The van der Waals surface area contributed by atoms with Gasteiger partial charge >= 0.3 is 0 Å². The van der Waals surface area contributed by atoms with Crippen LogP contribution < -0.4 is 11.1 Å². The van der Waals surface area contributed by atoms with Crippen LogP contribution in [0.3, 0.4) is 0 Å². The molecule has 0 saturated heterocycles. The molecular weight excluding hydrogens is 228 g/mol. The number of hydrogen-bond donors (Lipinski definition) is 3. The Morgan fingerprint density at radius 2 is 2.39 bits per heavy atom. The standard InChI is InChI=1S/C13H16N4O/c14-11(8-1-2-8)6-13(18)16-10-4-3-9-7-15-17-12(9)5-10/h3-5,7-8,11H,1-2,6,14H2,(H,15,17)(H,16,18). The van der Waals surface area contributed by atoms with Crippen LogP contribution in [0.5, 0.6) is 0 Å². The molecule has 1 aliphatic rings. The molecule has 2 aromatic rings. The van der Waals surface area contributed by atoms with E-state index in [-0.39, 0.29) is 11.9 Å². The van der Waals surface area contributed by atoms with Crippen molar-refractivity contribution in [2.75, 3.05) is 5.32 Å². The number of rotatable bonds is 4. The molecule has 3 rings (SSSR count). The first-order valence-corrected chi connectivity index (χ1v) is 6.21. The van der Waals surface area contributed by atoms with Crippen LogP contribution in [0, 0.1) is 5.92 Å². The Bertz CT molecular complexity index is 573.